The van der Waals surface area contributed by atoms with Crippen LogP contribution in [0.2, 0.25) is 0 Å². The van der Waals surface area contributed by atoms with Crippen molar-refractivity contribution in [1.29, 1.82) is 0 Å². The van der Waals surface area contributed by atoms with Crippen LogP contribution in [0.1, 0.15) is 30.3 Å². The number of hydrogen-bond donors (Lipinski definition) is 0. The average Bonchev–Trinajstić information content (AvgIpc) is 3.31. The van der Waals surface area contributed by atoms with Gasteiger partial charge in [0.1, 0.15) is 5.82 Å². The Kier molecular flexibility index (Phi) is 4.66. The third kappa shape index (κ3) is 3.86. The summed E-state index contributed by atoms with van der Waals surface area (Å²) < 4.78 is 20.2. The van der Waals surface area contributed by atoms with Crippen molar-refractivity contribution in [2.75, 3.05) is 13.1 Å². The maximum absolute atomic E-state index is 13.3. The lowest BCUT2D eigenvalue weighted by Crippen LogP contribution is -2.40. The molecule has 1 amide bonds. The van der Waals surface area contributed by atoms with Gasteiger partial charge in [0.2, 0.25) is 5.91 Å². The standard InChI is InChI=1S/C18H19FN6O2/c1-12-20-18(27-22-12)16-11-25(23-21-16)15-5-7-24(8-6-15)17(26)10-13-3-2-4-14(19)9-13/h2-4,9,11,15H,5-8,10H2,1H3. The number of hydrogen-bond acceptors (Lipinski definition) is 6. The normalized spacial score (nSPS) is 15.3. The lowest BCUT2D eigenvalue weighted by molar-refractivity contribution is -0.131. The van der Waals surface area contributed by atoms with E-state index in [0.29, 0.717) is 36.1 Å². The fourth-order valence-electron chi connectivity index (χ4n) is 3.27. The Morgan fingerprint density at radius 2 is 2.15 bits per heavy atom. The van der Waals surface area contributed by atoms with Crippen LogP contribution in [0.4, 0.5) is 4.39 Å². The monoisotopic (exact) mass is 370 g/mol. The topological polar surface area (TPSA) is 89.9 Å². The first kappa shape index (κ1) is 17.3. The van der Waals surface area contributed by atoms with Gasteiger partial charge in [-0.25, -0.2) is 9.07 Å². The molecule has 3 aromatic rings. The van der Waals surface area contributed by atoms with Crippen molar-refractivity contribution in [3.05, 3.63) is 47.7 Å². The first-order valence-corrected chi connectivity index (χ1v) is 8.83. The number of aryl methyl sites for hydroxylation is 1. The molecule has 4 rings (SSSR count). The zero-order chi connectivity index (χ0) is 18.8. The Morgan fingerprint density at radius 1 is 1.33 bits per heavy atom. The SMILES string of the molecule is Cc1noc(-c2cn(C3CCN(C(=O)Cc4cccc(F)c4)CC3)nn2)n1. The summed E-state index contributed by atoms with van der Waals surface area (Å²) in [6.07, 6.45) is 3.56. The predicted molar refractivity (Wildman–Crippen MR) is 93.0 cm³/mol. The van der Waals surface area contributed by atoms with E-state index in [0.717, 1.165) is 12.8 Å². The van der Waals surface area contributed by atoms with E-state index < -0.39 is 0 Å². The van der Waals surface area contributed by atoms with Gasteiger partial charge in [0.15, 0.2) is 11.5 Å². The summed E-state index contributed by atoms with van der Waals surface area (Å²) in [5.74, 6) is 0.586. The number of carbonyl (C=O) groups excluding carboxylic acids is 1. The molecule has 1 aliphatic rings. The molecule has 0 bridgehead atoms. The van der Waals surface area contributed by atoms with E-state index in [1.807, 2.05) is 4.90 Å². The van der Waals surface area contributed by atoms with Crippen LogP contribution >= 0.6 is 0 Å². The van der Waals surface area contributed by atoms with E-state index in [1.165, 1.54) is 12.1 Å². The Morgan fingerprint density at radius 3 is 2.85 bits per heavy atom. The molecule has 0 saturated carbocycles. The molecule has 0 N–H and O–H groups in total. The van der Waals surface area contributed by atoms with Gasteiger partial charge >= 0.3 is 0 Å². The van der Waals surface area contributed by atoms with Crippen LogP contribution in [-0.4, -0.2) is 49.0 Å². The number of nitrogens with zero attached hydrogens (tertiary/aromatic N) is 6. The fourth-order valence-corrected chi connectivity index (χ4v) is 3.27. The van der Waals surface area contributed by atoms with Crippen molar-refractivity contribution in [2.45, 2.75) is 32.2 Å². The minimum absolute atomic E-state index is 0.0136. The summed E-state index contributed by atoms with van der Waals surface area (Å²) in [4.78, 5) is 18.4. The van der Waals surface area contributed by atoms with E-state index in [-0.39, 0.29) is 24.2 Å². The lowest BCUT2D eigenvalue weighted by Gasteiger charge is -2.32. The largest absolute Gasteiger partial charge is 0.342 e. The molecule has 1 saturated heterocycles. The highest BCUT2D eigenvalue weighted by molar-refractivity contribution is 5.78. The first-order chi connectivity index (χ1) is 13.1. The van der Waals surface area contributed by atoms with E-state index in [2.05, 4.69) is 20.5 Å². The average molecular weight is 370 g/mol. The highest BCUT2D eigenvalue weighted by Gasteiger charge is 2.25. The van der Waals surface area contributed by atoms with E-state index in [1.54, 1.807) is 29.9 Å². The number of likely N-dealkylation sites (tertiary alicyclic amines) is 1. The molecule has 27 heavy (non-hydrogen) atoms. The van der Waals surface area contributed by atoms with Crippen molar-refractivity contribution in [3.8, 4) is 11.6 Å². The molecule has 0 aliphatic carbocycles. The predicted octanol–water partition coefficient (Wildman–Crippen LogP) is 2.18. The Balaban J connectivity index is 1.35. The molecular weight excluding hydrogens is 351 g/mol. The molecular formula is C18H19FN6O2. The number of benzene rings is 1. The second kappa shape index (κ2) is 7.26. The number of carbonyl (C=O) groups is 1. The highest BCUT2D eigenvalue weighted by Crippen LogP contribution is 2.24. The van der Waals surface area contributed by atoms with Crippen LogP contribution in [0, 0.1) is 12.7 Å². The zero-order valence-electron chi connectivity index (χ0n) is 14.9. The van der Waals surface area contributed by atoms with Gasteiger partial charge in [-0.05, 0) is 37.5 Å². The third-order valence-electron chi connectivity index (χ3n) is 4.69. The summed E-state index contributed by atoms with van der Waals surface area (Å²) >= 11 is 0. The van der Waals surface area contributed by atoms with Gasteiger partial charge in [-0.3, -0.25) is 4.79 Å². The van der Waals surface area contributed by atoms with Crippen molar-refractivity contribution in [3.63, 3.8) is 0 Å². The fraction of sp³-hybridized carbons (Fsp3) is 0.389. The number of amides is 1. The maximum atomic E-state index is 13.3. The summed E-state index contributed by atoms with van der Waals surface area (Å²) in [5.41, 5.74) is 1.23. The molecule has 0 unspecified atom stereocenters. The summed E-state index contributed by atoms with van der Waals surface area (Å²) in [6, 6.07) is 6.33. The third-order valence-corrected chi connectivity index (χ3v) is 4.69. The molecule has 140 valence electrons. The molecule has 9 heteroatoms. The van der Waals surface area contributed by atoms with Crippen molar-refractivity contribution < 1.29 is 13.7 Å². The van der Waals surface area contributed by atoms with Gasteiger partial charge < -0.3 is 9.42 Å². The molecule has 3 heterocycles. The first-order valence-electron chi connectivity index (χ1n) is 8.83. The summed E-state index contributed by atoms with van der Waals surface area (Å²) in [6.45, 7) is 3.01. The van der Waals surface area contributed by atoms with E-state index in [4.69, 9.17) is 4.52 Å². The molecule has 0 radical (unpaired) electrons. The zero-order valence-corrected chi connectivity index (χ0v) is 14.9. The van der Waals surface area contributed by atoms with Gasteiger partial charge in [-0.15, -0.1) is 5.10 Å². The van der Waals surface area contributed by atoms with Crippen LogP contribution in [0.25, 0.3) is 11.6 Å². The van der Waals surface area contributed by atoms with Crippen molar-refractivity contribution in [1.82, 2.24) is 30.0 Å². The van der Waals surface area contributed by atoms with Gasteiger partial charge in [0.25, 0.3) is 5.89 Å². The second-order valence-electron chi connectivity index (χ2n) is 6.65. The van der Waals surface area contributed by atoms with Crippen LogP contribution in [0.15, 0.2) is 35.0 Å². The minimum Gasteiger partial charge on any atom is -0.342 e. The molecule has 1 fully saturated rings. The number of rotatable bonds is 4. The number of aromatic nitrogens is 5. The van der Waals surface area contributed by atoms with Gasteiger partial charge in [0.05, 0.1) is 18.7 Å². The van der Waals surface area contributed by atoms with Crippen LogP contribution in [0.5, 0.6) is 0 Å². The van der Waals surface area contributed by atoms with Gasteiger partial charge in [0, 0.05) is 13.1 Å². The van der Waals surface area contributed by atoms with E-state index in [9.17, 15) is 9.18 Å². The molecule has 1 aromatic carbocycles. The second-order valence-corrected chi connectivity index (χ2v) is 6.65. The molecule has 0 atom stereocenters. The minimum atomic E-state index is -0.322. The van der Waals surface area contributed by atoms with Crippen molar-refractivity contribution >= 4 is 5.91 Å². The smallest absolute Gasteiger partial charge is 0.280 e. The highest BCUT2D eigenvalue weighted by atomic mass is 19.1. The van der Waals surface area contributed by atoms with Crippen LogP contribution < -0.4 is 0 Å². The summed E-state index contributed by atoms with van der Waals surface area (Å²) in [5, 5.41) is 12.0. The van der Waals surface area contributed by atoms with Crippen LogP contribution in [0.3, 0.4) is 0 Å². The Hall–Kier alpha value is -3.10. The number of piperidine rings is 1. The molecule has 2 aromatic heterocycles. The lowest BCUT2D eigenvalue weighted by atomic mass is 10.0. The molecule has 1 aliphatic heterocycles. The Bertz CT molecular complexity index is 945. The van der Waals surface area contributed by atoms with E-state index >= 15 is 0 Å². The molecule has 8 nitrogen and oxygen atoms in total. The molecule has 0 spiro atoms. The maximum Gasteiger partial charge on any atom is 0.280 e. The Labute approximate surface area is 155 Å². The summed E-state index contributed by atoms with van der Waals surface area (Å²) in [7, 11) is 0. The van der Waals surface area contributed by atoms with Crippen molar-refractivity contribution in [2.24, 2.45) is 0 Å². The van der Waals surface area contributed by atoms with Crippen LogP contribution in [-0.2, 0) is 11.2 Å². The quantitative estimate of drug-likeness (QED) is 0.699. The van der Waals surface area contributed by atoms with Gasteiger partial charge in [-0.2, -0.15) is 4.98 Å². The van der Waals surface area contributed by atoms with Gasteiger partial charge in [-0.1, -0.05) is 22.5 Å². The number of halogens is 1.